The molecule has 14 heavy (non-hydrogen) atoms. The van der Waals surface area contributed by atoms with Crippen molar-refractivity contribution < 1.29 is 9.84 Å². The molecule has 1 saturated heterocycles. The van der Waals surface area contributed by atoms with Crippen molar-refractivity contribution in [1.29, 1.82) is 0 Å². The number of nitrogens with zero attached hydrogens (tertiary/aromatic N) is 1. The van der Waals surface area contributed by atoms with Gasteiger partial charge in [0.25, 0.3) is 0 Å². The van der Waals surface area contributed by atoms with Crippen LogP contribution in [0.25, 0.3) is 0 Å². The molecule has 0 aliphatic carbocycles. The summed E-state index contributed by atoms with van der Waals surface area (Å²) in [6.45, 7) is 10.2. The summed E-state index contributed by atoms with van der Waals surface area (Å²) in [6, 6.07) is 0. The first-order chi connectivity index (χ1) is 6.50. The van der Waals surface area contributed by atoms with Crippen molar-refractivity contribution in [2.24, 2.45) is 0 Å². The van der Waals surface area contributed by atoms with Gasteiger partial charge in [-0.2, -0.15) is 0 Å². The van der Waals surface area contributed by atoms with Gasteiger partial charge in [-0.3, -0.25) is 4.90 Å². The van der Waals surface area contributed by atoms with E-state index in [9.17, 15) is 5.11 Å². The van der Waals surface area contributed by atoms with Crippen LogP contribution in [0.15, 0.2) is 11.6 Å². The third-order valence-corrected chi connectivity index (χ3v) is 2.72. The highest BCUT2D eigenvalue weighted by atomic mass is 16.5. The van der Waals surface area contributed by atoms with Crippen LogP contribution in [-0.4, -0.2) is 48.5 Å². The molecule has 0 radical (unpaired) electrons. The van der Waals surface area contributed by atoms with E-state index in [2.05, 4.69) is 11.0 Å². The van der Waals surface area contributed by atoms with Gasteiger partial charge in [0.1, 0.15) is 0 Å². The maximum absolute atomic E-state index is 9.70. The Morgan fingerprint density at radius 3 is 2.50 bits per heavy atom. The molecule has 0 spiro atoms. The molecular weight excluding hydrogens is 178 g/mol. The van der Waals surface area contributed by atoms with Crippen LogP contribution < -0.4 is 0 Å². The Bertz CT molecular complexity index is 200. The minimum atomic E-state index is -0.688. The summed E-state index contributed by atoms with van der Waals surface area (Å²) in [7, 11) is 0. The molecule has 0 atom stereocenters. The molecule has 1 heterocycles. The van der Waals surface area contributed by atoms with Gasteiger partial charge in [0.2, 0.25) is 0 Å². The van der Waals surface area contributed by atoms with Crippen molar-refractivity contribution in [3.8, 4) is 0 Å². The SMILES string of the molecule is C/C(=C/CN1CCOCC1)C(C)(C)O. The van der Waals surface area contributed by atoms with Crippen LogP contribution >= 0.6 is 0 Å². The third-order valence-electron chi connectivity index (χ3n) is 2.72. The number of aliphatic hydroxyl groups is 1. The molecule has 3 heteroatoms. The third kappa shape index (κ3) is 3.78. The molecule has 0 aromatic rings. The maximum atomic E-state index is 9.70. The molecule has 1 N–H and O–H groups in total. The fourth-order valence-electron chi connectivity index (χ4n) is 1.30. The van der Waals surface area contributed by atoms with E-state index in [0.717, 1.165) is 38.4 Å². The first kappa shape index (κ1) is 11.7. The number of rotatable bonds is 3. The van der Waals surface area contributed by atoms with Gasteiger partial charge in [0.05, 0.1) is 18.8 Å². The Kier molecular flexibility index (Phi) is 4.11. The lowest BCUT2D eigenvalue weighted by Crippen LogP contribution is -2.36. The van der Waals surface area contributed by atoms with Crippen LogP contribution in [0, 0.1) is 0 Å². The van der Waals surface area contributed by atoms with Crippen molar-refractivity contribution >= 4 is 0 Å². The summed E-state index contributed by atoms with van der Waals surface area (Å²) in [6.07, 6.45) is 2.10. The number of hydrogen-bond donors (Lipinski definition) is 1. The minimum Gasteiger partial charge on any atom is -0.386 e. The smallest absolute Gasteiger partial charge is 0.0798 e. The molecule has 0 aromatic heterocycles. The summed E-state index contributed by atoms with van der Waals surface area (Å²) < 4.78 is 5.26. The molecule has 82 valence electrons. The van der Waals surface area contributed by atoms with Gasteiger partial charge in [-0.05, 0) is 26.3 Å². The zero-order valence-corrected chi connectivity index (χ0v) is 9.42. The fraction of sp³-hybridized carbons (Fsp3) is 0.818. The molecule has 1 aliphatic heterocycles. The topological polar surface area (TPSA) is 32.7 Å². The lowest BCUT2D eigenvalue weighted by molar-refractivity contribution is 0.0429. The van der Waals surface area contributed by atoms with E-state index in [4.69, 9.17) is 4.74 Å². The Balaban J connectivity index is 2.37. The lowest BCUT2D eigenvalue weighted by Gasteiger charge is -2.26. The summed E-state index contributed by atoms with van der Waals surface area (Å²) in [4.78, 5) is 2.33. The van der Waals surface area contributed by atoms with Crippen molar-refractivity contribution in [2.45, 2.75) is 26.4 Å². The number of hydrogen-bond acceptors (Lipinski definition) is 3. The van der Waals surface area contributed by atoms with Gasteiger partial charge >= 0.3 is 0 Å². The van der Waals surface area contributed by atoms with Gasteiger partial charge in [0, 0.05) is 19.6 Å². The van der Waals surface area contributed by atoms with Gasteiger partial charge in [-0.1, -0.05) is 6.08 Å². The Morgan fingerprint density at radius 2 is 2.00 bits per heavy atom. The van der Waals surface area contributed by atoms with Gasteiger partial charge in [-0.15, -0.1) is 0 Å². The van der Waals surface area contributed by atoms with Crippen LogP contribution in [0.3, 0.4) is 0 Å². The van der Waals surface area contributed by atoms with Gasteiger partial charge in [0.15, 0.2) is 0 Å². The fourth-order valence-corrected chi connectivity index (χ4v) is 1.30. The second-order valence-electron chi connectivity index (χ2n) is 4.36. The van der Waals surface area contributed by atoms with Crippen molar-refractivity contribution in [2.75, 3.05) is 32.8 Å². The first-order valence-corrected chi connectivity index (χ1v) is 5.20. The maximum Gasteiger partial charge on any atom is 0.0798 e. The van der Waals surface area contributed by atoms with E-state index in [0.29, 0.717) is 0 Å². The second-order valence-corrected chi connectivity index (χ2v) is 4.36. The normalized spacial score (nSPS) is 21.3. The quantitative estimate of drug-likeness (QED) is 0.689. The van der Waals surface area contributed by atoms with E-state index < -0.39 is 5.60 Å². The minimum absolute atomic E-state index is 0.688. The largest absolute Gasteiger partial charge is 0.386 e. The highest BCUT2D eigenvalue weighted by Gasteiger charge is 2.15. The second kappa shape index (κ2) is 4.91. The molecule has 0 unspecified atom stereocenters. The molecular formula is C11H21NO2. The summed E-state index contributed by atoms with van der Waals surface area (Å²) >= 11 is 0. The standard InChI is InChI=1S/C11H21NO2/c1-10(11(2,3)13)4-5-12-6-8-14-9-7-12/h4,13H,5-9H2,1-3H3/b10-4-. The predicted molar refractivity (Wildman–Crippen MR) is 57.3 cm³/mol. The van der Waals surface area contributed by atoms with E-state index in [1.807, 2.05) is 20.8 Å². The van der Waals surface area contributed by atoms with Gasteiger partial charge < -0.3 is 9.84 Å². The van der Waals surface area contributed by atoms with Crippen molar-refractivity contribution in [1.82, 2.24) is 4.90 Å². The Labute approximate surface area is 86.4 Å². The summed E-state index contributed by atoms with van der Waals surface area (Å²) in [5, 5.41) is 9.70. The predicted octanol–water partition coefficient (Wildman–Crippen LogP) is 1.04. The number of morpholine rings is 1. The monoisotopic (exact) mass is 199 g/mol. The van der Waals surface area contributed by atoms with Crippen LogP contribution in [0.1, 0.15) is 20.8 Å². The molecule has 1 fully saturated rings. The highest BCUT2D eigenvalue weighted by Crippen LogP contribution is 2.14. The Hall–Kier alpha value is -0.380. The molecule has 1 rings (SSSR count). The van der Waals surface area contributed by atoms with Crippen LogP contribution in [0.4, 0.5) is 0 Å². The molecule has 3 nitrogen and oxygen atoms in total. The average molecular weight is 199 g/mol. The van der Waals surface area contributed by atoms with E-state index in [1.54, 1.807) is 0 Å². The lowest BCUT2D eigenvalue weighted by atomic mass is 10.00. The molecule has 0 amide bonds. The zero-order chi connectivity index (χ0) is 10.6. The highest BCUT2D eigenvalue weighted by molar-refractivity contribution is 5.11. The van der Waals surface area contributed by atoms with E-state index in [1.165, 1.54) is 0 Å². The molecule has 0 saturated carbocycles. The summed E-state index contributed by atoms with van der Waals surface area (Å²) in [5.74, 6) is 0. The van der Waals surface area contributed by atoms with E-state index in [-0.39, 0.29) is 0 Å². The van der Waals surface area contributed by atoms with Gasteiger partial charge in [-0.25, -0.2) is 0 Å². The van der Waals surface area contributed by atoms with Crippen LogP contribution in [-0.2, 0) is 4.74 Å². The molecule has 1 aliphatic rings. The summed E-state index contributed by atoms with van der Waals surface area (Å²) in [5.41, 5.74) is 0.343. The number of ether oxygens (including phenoxy) is 1. The average Bonchev–Trinajstić information content (AvgIpc) is 2.14. The zero-order valence-electron chi connectivity index (χ0n) is 9.42. The molecule has 0 bridgehead atoms. The van der Waals surface area contributed by atoms with E-state index >= 15 is 0 Å². The molecule has 0 aromatic carbocycles. The van der Waals surface area contributed by atoms with Crippen molar-refractivity contribution in [3.05, 3.63) is 11.6 Å². The van der Waals surface area contributed by atoms with Crippen LogP contribution in [0.5, 0.6) is 0 Å². The Morgan fingerprint density at radius 1 is 1.43 bits per heavy atom. The first-order valence-electron chi connectivity index (χ1n) is 5.20. The van der Waals surface area contributed by atoms with Crippen LogP contribution in [0.2, 0.25) is 0 Å². The van der Waals surface area contributed by atoms with Crippen molar-refractivity contribution in [3.63, 3.8) is 0 Å².